The monoisotopic (exact) mass is 300 g/mol. The van der Waals surface area contributed by atoms with E-state index in [2.05, 4.69) is 25.2 Å². The average molecular weight is 300 g/mol. The van der Waals surface area contributed by atoms with E-state index in [1.54, 1.807) is 0 Å². The lowest BCUT2D eigenvalue weighted by atomic mass is 9.91. The average Bonchev–Trinajstić information content (AvgIpc) is 2.32. The molecule has 3 atom stereocenters. The first-order chi connectivity index (χ1) is 9.16. The Morgan fingerprint density at radius 3 is 2.70 bits per heavy atom. The van der Waals surface area contributed by atoms with Gasteiger partial charge in [-0.1, -0.05) is 26.0 Å². The zero-order chi connectivity index (χ0) is 15.4. The van der Waals surface area contributed by atoms with Gasteiger partial charge in [0.2, 0.25) is 0 Å². The topological polar surface area (TPSA) is 92.4 Å². The number of rotatable bonds is 8. The highest BCUT2D eigenvalue weighted by Crippen LogP contribution is 2.45. The molecule has 4 N–H and O–H groups in total. The number of nitrogens with one attached hydrogen (secondary N) is 1. The number of carbonyl (C=O) groups is 2. The van der Waals surface area contributed by atoms with Crippen molar-refractivity contribution in [3.05, 3.63) is 12.2 Å². The highest BCUT2D eigenvalue weighted by atomic mass is 32.2. The first kappa shape index (κ1) is 17.2. The van der Waals surface area contributed by atoms with Gasteiger partial charge in [-0.15, -0.1) is 0 Å². The number of hydrogen-bond acceptors (Lipinski definition) is 5. The molecule has 0 bridgehead atoms. The zero-order valence-corrected chi connectivity index (χ0v) is 13.1. The van der Waals surface area contributed by atoms with E-state index < -0.39 is 17.6 Å². The van der Waals surface area contributed by atoms with Crippen LogP contribution in [0.1, 0.15) is 27.2 Å². The van der Waals surface area contributed by atoms with E-state index >= 15 is 0 Å². The summed E-state index contributed by atoms with van der Waals surface area (Å²) in [5.74, 6) is 0.608. The van der Waals surface area contributed by atoms with Gasteiger partial charge in [0.15, 0.2) is 0 Å². The third kappa shape index (κ3) is 5.26. The number of carboxylic acids is 1. The number of nitrogens with two attached hydrogens (primary N) is 1. The van der Waals surface area contributed by atoms with Crippen molar-refractivity contribution in [2.24, 2.45) is 11.7 Å². The lowest BCUT2D eigenvalue weighted by Crippen LogP contribution is -2.49. The molecule has 1 rings (SSSR count). The molecule has 0 amide bonds. The Kier molecular flexibility index (Phi) is 5.79. The summed E-state index contributed by atoms with van der Waals surface area (Å²) in [6, 6.07) is -0.695. The molecule has 1 heterocycles. The van der Waals surface area contributed by atoms with Crippen LogP contribution in [0, 0.1) is 5.92 Å². The molecule has 1 saturated heterocycles. The van der Waals surface area contributed by atoms with Crippen LogP contribution in [0.4, 0.5) is 0 Å². The summed E-state index contributed by atoms with van der Waals surface area (Å²) in [6.45, 7) is 6.63. The van der Waals surface area contributed by atoms with E-state index in [-0.39, 0.29) is 11.2 Å². The van der Waals surface area contributed by atoms with Crippen molar-refractivity contribution < 1.29 is 14.7 Å². The van der Waals surface area contributed by atoms with E-state index in [1.807, 2.05) is 24.8 Å². The van der Waals surface area contributed by atoms with Crippen molar-refractivity contribution in [1.82, 2.24) is 5.32 Å². The third-order valence-electron chi connectivity index (χ3n) is 3.54. The van der Waals surface area contributed by atoms with E-state index in [9.17, 15) is 9.59 Å². The molecule has 0 spiro atoms. The van der Waals surface area contributed by atoms with E-state index in [0.717, 1.165) is 5.75 Å². The summed E-state index contributed by atoms with van der Waals surface area (Å²) >= 11 is 1.93. The van der Waals surface area contributed by atoms with Gasteiger partial charge in [-0.05, 0) is 6.92 Å². The summed E-state index contributed by atoms with van der Waals surface area (Å²) in [6.07, 6.45) is 4.47. The van der Waals surface area contributed by atoms with Crippen LogP contribution in [0.15, 0.2) is 12.2 Å². The normalized spacial score (nSPS) is 25.7. The van der Waals surface area contributed by atoms with E-state index in [4.69, 9.17) is 10.8 Å². The zero-order valence-electron chi connectivity index (χ0n) is 12.3. The third-order valence-corrected chi connectivity index (χ3v) is 5.11. The Balaban J connectivity index is 2.46. The molecule has 114 valence electrons. The molecule has 20 heavy (non-hydrogen) atoms. The first-order valence-corrected chi connectivity index (χ1v) is 7.67. The predicted octanol–water partition coefficient (Wildman–Crippen LogP) is 1.03. The van der Waals surface area contributed by atoms with Crippen LogP contribution in [-0.4, -0.2) is 46.0 Å². The van der Waals surface area contributed by atoms with E-state index in [1.165, 1.54) is 0 Å². The maximum absolute atomic E-state index is 10.8. The van der Waals surface area contributed by atoms with Crippen LogP contribution < -0.4 is 11.1 Å². The number of aliphatic carboxylic acids is 1. The van der Waals surface area contributed by atoms with Gasteiger partial charge < -0.3 is 21.0 Å². The number of hydrogen-bond donors (Lipinski definition) is 3. The number of aldehydes is 1. The highest BCUT2D eigenvalue weighted by Gasteiger charge is 2.37. The van der Waals surface area contributed by atoms with Crippen molar-refractivity contribution in [3.63, 3.8) is 0 Å². The molecule has 6 heteroatoms. The van der Waals surface area contributed by atoms with Gasteiger partial charge in [0, 0.05) is 28.5 Å². The van der Waals surface area contributed by atoms with Gasteiger partial charge in [0.25, 0.3) is 0 Å². The molecule has 1 aliphatic heterocycles. The SMILES string of the molecule is CC(N)(C=CC1CSC1(C)C)CN[C@H](C=O)CC(=O)O. The highest BCUT2D eigenvalue weighted by molar-refractivity contribution is 8.02. The molecular weight excluding hydrogens is 276 g/mol. The van der Waals surface area contributed by atoms with Crippen molar-refractivity contribution in [3.8, 4) is 0 Å². The van der Waals surface area contributed by atoms with Crippen molar-refractivity contribution in [2.45, 2.75) is 43.5 Å². The van der Waals surface area contributed by atoms with Crippen LogP contribution in [0.5, 0.6) is 0 Å². The van der Waals surface area contributed by atoms with Gasteiger partial charge in [0.05, 0.1) is 12.5 Å². The fraction of sp³-hybridized carbons (Fsp3) is 0.714. The molecule has 5 nitrogen and oxygen atoms in total. The Hall–Kier alpha value is -0.850. The van der Waals surface area contributed by atoms with Crippen molar-refractivity contribution >= 4 is 24.0 Å². The second kappa shape index (κ2) is 6.74. The molecule has 1 fully saturated rings. The Morgan fingerprint density at radius 2 is 2.30 bits per heavy atom. The summed E-state index contributed by atoms with van der Waals surface area (Å²) in [5.41, 5.74) is 5.55. The smallest absolute Gasteiger partial charge is 0.305 e. The van der Waals surface area contributed by atoms with Gasteiger partial charge in [-0.3, -0.25) is 4.79 Å². The molecule has 1 aliphatic rings. The molecule has 0 aromatic heterocycles. The van der Waals surface area contributed by atoms with Gasteiger partial charge in [0.1, 0.15) is 6.29 Å². The summed E-state index contributed by atoms with van der Waals surface area (Å²) in [5, 5.41) is 11.6. The Bertz CT molecular complexity index is 394. The lowest BCUT2D eigenvalue weighted by molar-refractivity contribution is -0.138. The number of thioether (sulfide) groups is 1. The van der Waals surface area contributed by atoms with Gasteiger partial charge >= 0.3 is 5.97 Å². The standard InChI is InChI=1S/C14H24N2O3S/c1-13(2)10(8-20-13)4-5-14(3,15)9-16-11(7-17)6-12(18)19/h4-5,7,10-11,16H,6,8-9,15H2,1-3H3,(H,18,19)/t10?,11-,14?/m0/s1. The summed E-state index contributed by atoms with van der Waals surface area (Å²) in [4.78, 5) is 21.4. The molecule has 0 aromatic rings. The minimum absolute atomic E-state index is 0.227. The minimum atomic E-state index is -1.00. The molecule has 2 unspecified atom stereocenters. The van der Waals surface area contributed by atoms with Crippen molar-refractivity contribution in [1.29, 1.82) is 0 Å². The first-order valence-electron chi connectivity index (χ1n) is 6.69. The number of carbonyl (C=O) groups excluding carboxylic acids is 1. The summed E-state index contributed by atoms with van der Waals surface area (Å²) < 4.78 is 0.259. The van der Waals surface area contributed by atoms with Crippen LogP contribution >= 0.6 is 11.8 Å². The summed E-state index contributed by atoms with van der Waals surface area (Å²) in [7, 11) is 0. The number of allylic oxidation sites excluding steroid dienone is 1. The maximum atomic E-state index is 10.8. The second-order valence-corrected chi connectivity index (χ2v) is 7.78. The molecule has 0 aromatic carbocycles. The quantitative estimate of drug-likeness (QED) is 0.458. The van der Waals surface area contributed by atoms with Crippen LogP contribution in [0.25, 0.3) is 0 Å². The lowest BCUT2D eigenvalue weighted by Gasteiger charge is -2.42. The second-order valence-electron chi connectivity index (χ2n) is 6.11. The fourth-order valence-electron chi connectivity index (χ4n) is 1.90. The van der Waals surface area contributed by atoms with E-state index in [0.29, 0.717) is 18.7 Å². The minimum Gasteiger partial charge on any atom is -0.481 e. The van der Waals surface area contributed by atoms with Crippen LogP contribution in [0.2, 0.25) is 0 Å². The Labute approximate surface area is 124 Å². The maximum Gasteiger partial charge on any atom is 0.305 e. The van der Waals surface area contributed by atoms with Crippen molar-refractivity contribution in [2.75, 3.05) is 12.3 Å². The molecule has 0 radical (unpaired) electrons. The molecular formula is C14H24N2O3S. The van der Waals surface area contributed by atoms with Crippen LogP contribution in [-0.2, 0) is 9.59 Å². The molecule has 0 aliphatic carbocycles. The van der Waals surface area contributed by atoms with Gasteiger partial charge in [-0.25, -0.2) is 0 Å². The molecule has 0 saturated carbocycles. The Morgan fingerprint density at radius 1 is 1.65 bits per heavy atom. The van der Waals surface area contributed by atoms with Gasteiger partial charge in [-0.2, -0.15) is 11.8 Å². The fourth-order valence-corrected chi connectivity index (χ4v) is 3.12. The number of carboxylic acid groups (broad SMARTS) is 1. The largest absolute Gasteiger partial charge is 0.481 e. The van der Waals surface area contributed by atoms with Crippen LogP contribution in [0.3, 0.4) is 0 Å². The predicted molar refractivity (Wildman–Crippen MR) is 81.9 cm³/mol.